The van der Waals surface area contributed by atoms with Crippen LogP contribution in [0, 0.1) is 13.8 Å². The summed E-state index contributed by atoms with van der Waals surface area (Å²) in [5.41, 5.74) is -5.65. The van der Waals surface area contributed by atoms with Crippen molar-refractivity contribution in [1.29, 1.82) is 0 Å². The van der Waals surface area contributed by atoms with Gasteiger partial charge in [0.1, 0.15) is 0 Å². The minimum absolute atomic E-state index is 0.109. The number of ketones is 1. The quantitative estimate of drug-likeness (QED) is 0.220. The Morgan fingerprint density at radius 2 is 1.15 bits per heavy atom. The molecule has 0 N–H and O–H groups in total. The summed E-state index contributed by atoms with van der Waals surface area (Å²) in [5, 5.41) is -0.444. The summed E-state index contributed by atoms with van der Waals surface area (Å²) in [5.74, 6) is -1.63. The maximum atomic E-state index is 13.6. The number of halogens is 6. The van der Waals surface area contributed by atoms with Crippen molar-refractivity contribution in [1.82, 2.24) is 0 Å². The Balaban J connectivity index is 2.21. The zero-order valence-corrected chi connectivity index (χ0v) is 18.6. The number of hydrogen-bond acceptors (Lipinski definition) is 3. The molecule has 0 aromatic heterocycles. The Morgan fingerprint density at radius 3 is 1.65 bits per heavy atom. The molecule has 176 valence electrons. The van der Waals surface area contributed by atoms with Gasteiger partial charge in [-0.2, -0.15) is 26.3 Å². The third kappa shape index (κ3) is 4.80. The second-order valence-electron chi connectivity index (χ2n) is 7.44. The van der Waals surface area contributed by atoms with Gasteiger partial charge in [0.2, 0.25) is 5.30 Å². The number of rotatable bonds is 5. The standard InChI is InChI=1S/C24H16F6O3P/c1-13-7-5-8-14(2)19(13)22(32)34(33)18-12-4-3-9-15(18)21(31)20-16(23(25,26)27)10-6-11-17(20)24(28,29)30/h3-12H,1-2H3/q+1. The molecule has 0 radical (unpaired) electrons. The lowest BCUT2D eigenvalue weighted by molar-refractivity contribution is -0.143. The Bertz CT molecular complexity index is 1260. The summed E-state index contributed by atoms with van der Waals surface area (Å²) in [7, 11) is -3.04. The fraction of sp³-hybridized carbons (Fsp3) is 0.167. The fourth-order valence-electron chi connectivity index (χ4n) is 3.61. The van der Waals surface area contributed by atoms with Gasteiger partial charge in [0.25, 0.3) is 0 Å². The first kappa shape index (κ1) is 25.3. The van der Waals surface area contributed by atoms with Crippen LogP contribution in [-0.4, -0.2) is 11.3 Å². The van der Waals surface area contributed by atoms with E-state index in [0.29, 0.717) is 29.3 Å². The van der Waals surface area contributed by atoms with Crippen molar-refractivity contribution in [2.45, 2.75) is 26.2 Å². The first-order chi connectivity index (χ1) is 15.7. The molecule has 0 amide bonds. The minimum atomic E-state index is -5.27. The van der Waals surface area contributed by atoms with E-state index >= 15 is 0 Å². The molecular formula is C24H16F6O3P+. The molecule has 0 bridgehead atoms. The van der Waals surface area contributed by atoms with Gasteiger partial charge in [-0.3, -0.25) is 4.79 Å². The predicted octanol–water partition coefficient (Wildman–Crippen LogP) is 6.87. The van der Waals surface area contributed by atoms with Gasteiger partial charge < -0.3 is 0 Å². The van der Waals surface area contributed by atoms with E-state index in [2.05, 4.69) is 0 Å². The summed E-state index contributed by atoms with van der Waals surface area (Å²) in [6, 6.07) is 10.7. The van der Waals surface area contributed by atoms with Crippen LogP contribution < -0.4 is 5.30 Å². The number of aryl methyl sites for hydroxylation is 2. The highest BCUT2D eigenvalue weighted by Gasteiger charge is 2.45. The van der Waals surface area contributed by atoms with Crippen LogP contribution >= 0.6 is 7.80 Å². The predicted molar refractivity (Wildman–Crippen MR) is 114 cm³/mol. The van der Waals surface area contributed by atoms with E-state index in [4.69, 9.17) is 0 Å². The molecule has 3 rings (SSSR count). The molecule has 0 aliphatic carbocycles. The van der Waals surface area contributed by atoms with Crippen LogP contribution in [0.1, 0.15) is 48.5 Å². The van der Waals surface area contributed by atoms with E-state index in [0.717, 1.165) is 12.1 Å². The SMILES string of the molecule is Cc1cccc(C)c1C(=O)[P+](=O)c1ccccc1C(=O)c1c(C(F)(F)F)cccc1C(F)(F)F. The monoisotopic (exact) mass is 497 g/mol. The maximum Gasteiger partial charge on any atom is 0.459 e. The van der Waals surface area contributed by atoms with Crippen molar-refractivity contribution in [2.24, 2.45) is 0 Å². The van der Waals surface area contributed by atoms with Gasteiger partial charge in [0, 0.05) is 5.56 Å². The second kappa shape index (κ2) is 9.14. The van der Waals surface area contributed by atoms with Crippen LogP contribution in [-0.2, 0) is 16.9 Å². The average molecular weight is 497 g/mol. The zero-order chi connectivity index (χ0) is 25.4. The van der Waals surface area contributed by atoms with Crippen LogP contribution in [0.2, 0.25) is 0 Å². The molecule has 0 aliphatic rings. The molecule has 1 atom stereocenters. The first-order valence-electron chi connectivity index (χ1n) is 9.74. The van der Waals surface area contributed by atoms with E-state index in [-0.39, 0.29) is 5.56 Å². The molecule has 0 saturated carbocycles. The van der Waals surface area contributed by atoms with Gasteiger partial charge in [0.05, 0.1) is 22.3 Å². The van der Waals surface area contributed by atoms with Crippen LogP contribution in [0.4, 0.5) is 26.3 Å². The fourth-order valence-corrected chi connectivity index (χ4v) is 5.00. The molecule has 0 heterocycles. The smallest absolute Gasteiger partial charge is 0.288 e. The van der Waals surface area contributed by atoms with E-state index in [1.807, 2.05) is 0 Å². The van der Waals surface area contributed by atoms with E-state index in [1.165, 1.54) is 12.1 Å². The Labute approximate surface area is 191 Å². The largest absolute Gasteiger partial charge is 0.459 e. The van der Waals surface area contributed by atoms with Gasteiger partial charge in [-0.15, -0.1) is 0 Å². The Kier molecular flexibility index (Phi) is 6.80. The molecule has 1 unspecified atom stereocenters. The second-order valence-corrected chi connectivity index (χ2v) is 8.91. The zero-order valence-electron chi connectivity index (χ0n) is 17.7. The van der Waals surface area contributed by atoms with Crippen LogP contribution in [0.3, 0.4) is 0 Å². The topological polar surface area (TPSA) is 51.2 Å². The van der Waals surface area contributed by atoms with Gasteiger partial charge in [0.15, 0.2) is 5.78 Å². The Morgan fingerprint density at radius 1 is 0.676 bits per heavy atom. The van der Waals surface area contributed by atoms with Crippen LogP contribution in [0.15, 0.2) is 60.7 Å². The molecular weight excluding hydrogens is 481 g/mol. The molecule has 0 spiro atoms. The molecule has 3 aromatic rings. The van der Waals surface area contributed by atoms with Crippen molar-refractivity contribution in [3.8, 4) is 0 Å². The lowest BCUT2D eigenvalue weighted by Gasteiger charge is -2.17. The molecule has 0 saturated heterocycles. The van der Waals surface area contributed by atoms with Crippen molar-refractivity contribution in [3.05, 3.63) is 99.6 Å². The average Bonchev–Trinajstić information content (AvgIpc) is 2.76. The molecule has 0 aliphatic heterocycles. The van der Waals surface area contributed by atoms with E-state index < -0.39 is 59.0 Å². The lowest BCUT2D eigenvalue weighted by atomic mass is 9.92. The highest BCUT2D eigenvalue weighted by Crippen LogP contribution is 2.41. The summed E-state index contributed by atoms with van der Waals surface area (Å²) in [6.45, 7) is 3.19. The van der Waals surface area contributed by atoms with Crippen molar-refractivity contribution < 1.29 is 40.5 Å². The van der Waals surface area contributed by atoms with Gasteiger partial charge >= 0.3 is 25.7 Å². The third-order valence-electron chi connectivity index (χ3n) is 5.15. The number of benzene rings is 3. The van der Waals surface area contributed by atoms with E-state index in [1.54, 1.807) is 32.0 Å². The van der Waals surface area contributed by atoms with Crippen molar-refractivity contribution in [3.63, 3.8) is 0 Å². The third-order valence-corrected chi connectivity index (χ3v) is 6.57. The molecule has 3 aromatic carbocycles. The molecule has 3 nitrogen and oxygen atoms in total. The number of hydrogen-bond donors (Lipinski definition) is 0. The van der Waals surface area contributed by atoms with Crippen LogP contribution in [0.5, 0.6) is 0 Å². The number of carbonyl (C=O) groups is 2. The number of alkyl halides is 6. The highest BCUT2D eigenvalue weighted by molar-refractivity contribution is 7.71. The van der Waals surface area contributed by atoms with Crippen molar-refractivity contribution >= 4 is 24.4 Å². The maximum absolute atomic E-state index is 13.6. The van der Waals surface area contributed by atoms with Gasteiger partial charge in [-0.25, -0.2) is 4.79 Å². The Hall–Kier alpha value is -3.32. The summed E-state index contributed by atoms with van der Waals surface area (Å²) < 4.78 is 94.5. The van der Waals surface area contributed by atoms with E-state index in [9.17, 15) is 40.5 Å². The summed E-state index contributed by atoms with van der Waals surface area (Å²) >= 11 is 0. The van der Waals surface area contributed by atoms with Gasteiger partial charge in [-0.1, -0.05) is 41.0 Å². The molecule has 10 heteroatoms. The van der Waals surface area contributed by atoms with Crippen molar-refractivity contribution in [2.75, 3.05) is 0 Å². The summed E-state index contributed by atoms with van der Waals surface area (Å²) in [4.78, 5) is 26.2. The molecule has 0 fully saturated rings. The summed E-state index contributed by atoms with van der Waals surface area (Å²) in [6.07, 6.45) is -10.5. The lowest BCUT2D eigenvalue weighted by Crippen LogP contribution is -2.23. The highest BCUT2D eigenvalue weighted by atomic mass is 31.1. The van der Waals surface area contributed by atoms with Crippen LogP contribution in [0.25, 0.3) is 0 Å². The normalized spacial score (nSPS) is 12.4. The first-order valence-corrected chi connectivity index (χ1v) is 11.0. The minimum Gasteiger partial charge on any atom is -0.288 e. The van der Waals surface area contributed by atoms with Gasteiger partial charge in [-0.05, 0) is 49.2 Å². The molecule has 34 heavy (non-hydrogen) atoms. The number of carbonyl (C=O) groups excluding carboxylic acids is 2.